The van der Waals surface area contributed by atoms with Crippen LogP contribution >= 0.6 is 0 Å². The van der Waals surface area contributed by atoms with Gasteiger partial charge in [0.1, 0.15) is 5.76 Å². The summed E-state index contributed by atoms with van der Waals surface area (Å²) in [5.41, 5.74) is 2.69. The van der Waals surface area contributed by atoms with Crippen LogP contribution in [0, 0.1) is 6.92 Å². The molecule has 1 heterocycles. The second-order valence-electron chi connectivity index (χ2n) is 4.83. The Bertz CT molecular complexity index is 617. The molecule has 5 nitrogen and oxygen atoms in total. The van der Waals surface area contributed by atoms with E-state index >= 15 is 0 Å². The normalized spacial score (nSPS) is 10.3. The molecule has 2 aromatic rings. The first-order valence-electron chi connectivity index (χ1n) is 6.31. The minimum atomic E-state index is -1.04. The van der Waals surface area contributed by atoms with E-state index in [0.29, 0.717) is 17.9 Å². The van der Waals surface area contributed by atoms with Gasteiger partial charge < -0.3 is 19.7 Å². The van der Waals surface area contributed by atoms with E-state index in [1.165, 1.54) is 0 Å². The topological polar surface area (TPSA) is 65.7 Å². The third-order valence-electron chi connectivity index (χ3n) is 2.99. The van der Waals surface area contributed by atoms with Gasteiger partial charge in [0.15, 0.2) is 0 Å². The van der Waals surface area contributed by atoms with Crippen molar-refractivity contribution < 1.29 is 14.3 Å². The quantitative estimate of drug-likeness (QED) is 0.877. The number of carboxylic acid groups (broad SMARTS) is 1. The molecule has 5 heteroatoms. The number of anilines is 2. The molecular formula is C15H18N2O3. The fourth-order valence-electron chi connectivity index (χ4n) is 1.93. The molecule has 0 saturated carbocycles. The Morgan fingerprint density at radius 3 is 2.70 bits per heavy atom. The van der Waals surface area contributed by atoms with Gasteiger partial charge in [0.05, 0.1) is 6.54 Å². The molecule has 0 aliphatic carbocycles. The number of nitrogens with zero attached hydrogens (tertiary/aromatic N) is 1. The van der Waals surface area contributed by atoms with Gasteiger partial charge >= 0.3 is 5.97 Å². The second-order valence-corrected chi connectivity index (χ2v) is 4.83. The van der Waals surface area contributed by atoms with Gasteiger partial charge in [-0.2, -0.15) is 0 Å². The first-order chi connectivity index (χ1) is 9.47. The van der Waals surface area contributed by atoms with Gasteiger partial charge in [-0.1, -0.05) is 6.07 Å². The van der Waals surface area contributed by atoms with Gasteiger partial charge in [0.25, 0.3) is 0 Å². The molecule has 0 unspecified atom stereocenters. The van der Waals surface area contributed by atoms with Crippen LogP contribution in [-0.4, -0.2) is 25.2 Å². The van der Waals surface area contributed by atoms with E-state index in [1.54, 1.807) is 13.0 Å². The molecule has 20 heavy (non-hydrogen) atoms. The molecule has 0 aliphatic heterocycles. The van der Waals surface area contributed by atoms with Gasteiger partial charge in [0.2, 0.25) is 5.76 Å². The number of aryl methyl sites for hydroxylation is 1. The largest absolute Gasteiger partial charge is 0.475 e. The summed E-state index contributed by atoms with van der Waals surface area (Å²) >= 11 is 0. The average molecular weight is 274 g/mol. The fourth-order valence-corrected chi connectivity index (χ4v) is 1.93. The van der Waals surface area contributed by atoms with E-state index in [4.69, 9.17) is 9.52 Å². The number of hydrogen-bond donors (Lipinski definition) is 2. The van der Waals surface area contributed by atoms with E-state index in [0.717, 1.165) is 11.4 Å². The third-order valence-corrected chi connectivity index (χ3v) is 2.99. The molecule has 0 saturated heterocycles. The lowest BCUT2D eigenvalue weighted by Gasteiger charge is -2.14. The smallest absolute Gasteiger partial charge is 0.372 e. The minimum absolute atomic E-state index is 0.00356. The molecular weight excluding hydrogens is 256 g/mol. The minimum Gasteiger partial charge on any atom is -0.475 e. The van der Waals surface area contributed by atoms with Gasteiger partial charge in [-0.25, -0.2) is 4.79 Å². The van der Waals surface area contributed by atoms with Crippen LogP contribution in [0.4, 0.5) is 11.4 Å². The van der Waals surface area contributed by atoms with Crippen molar-refractivity contribution in [2.75, 3.05) is 24.3 Å². The SMILES string of the molecule is Cc1cc(CNc2cccc(N(C)C)c2)oc1C(=O)O. The number of hydrogen-bond acceptors (Lipinski definition) is 4. The van der Waals surface area contributed by atoms with Crippen LogP contribution in [0.15, 0.2) is 34.7 Å². The van der Waals surface area contributed by atoms with E-state index in [9.17, 15) is 4.79 Å². The van der Waals surface area contributed by atoms with Crippen LogP contribution in [0.25, 0.3) is 0 Å². The lowest BCUT2D eigenvalue weighted by atomic mass is 10.2. The van der Waals surface area contributed by atoms with Crippen molar-refractivity contribution in [1.29, 1.82) is 0 Å². The van der Waals surface area contributed by atoms with E-state index < -0.39 is 5.97 Å². The third kappa shape index (κ3) is 3.12. The molecule has 0 aliphatic rings. The molecule has 0 amide bonds. The van der Waals surface area contributed by atoms with Crippen molar-refractivity contribution in [1.82, 2.24) is 0 Å². The molecule has 106 valence electrons. The molecule has 0 spiro atoms. The number of furan rings is 1. The molecule has 0 atom stereocenters. The van der Waals surface area contributed by atoms with Gasteiger partial charge in [-0.15, -0.1) is 0 Å². The van der Waals surface area contributed by atoms with Crippen molar-refractivity contribution in [3.8, 4) is 0 Å². The van der Waals surface area contributed by atoms with Crippen LogP contribution in [0.1, 0.15) is 21.9 Å². The zero-order chi connectivity index (χ0) is 14.7. The van der Waals surface area contributed by atoms with Gasteiger partial charge in [-0.05, 0) is 31.2 Å². The Labute approximate surface area is 117 Å². The predicted octanol–water partition coefficient (Wildman–Crippen LogP) is 2.96. The number of carbonyl (C=O) groups is 1. The average Bonchev–Trinajstić information content (AvgIpc) is 2.78. The molecule has 1 aromatic heterocycles. The first-order valence-corrected chi connectivity index (χ1v) is 6.31. The second kappa shape index (κ2) is 5.69. The maximum Gasteiger partial charge on any atom is 0.372 e. The highest BCUT2D eigenvalue weighted by molar-refractivity contribution is 5.86. The molecule has 1 aromatic carbocycles. The highest BCUT2D eigenvalue weighted by atomic mass is 16.4. The maximum atomic E-state index is 10.9. The molecule has 0 bridgehead atoms. The molecule has 2 rings (SSSR count). The van der Waals surface area contributed by atoms with Crippen LogP contribution in [0.3, 0.4) is 0 Å². The van der Waals surface area contributed by atoms with Crippen molar-refractivity contribution >= 4 is 17.3 Å². The number of benzene rings is 1. The number of nitrogens with one attached hydrogen (secondary N) is 1. The summed E-state index contributed by atoms with van der Waals surface area (Å²) in [6.45, 7) is 2.17. The predicted molar refractivity (Wildman–Crippen MR) is 78.5 cm³/mol. The van der Waals surface area contributed by atoms with E-state index in [-0.39, 0.29) is 5.76 Å². The van der Waals surface area contributed by atoms with Crippen molar-refractivity contribution in [3.05, 3.63) is 47.4 Å². The summed E-state index contributed by atoms with van der Waals surface area (Å²) in [6, 6.07) is 9.71. The molecule has 0 radical (unpaired) electrons. The standard InChI is InChI=1S/C15H18N2O3/c1-10-7-13(20-14(10)15(18)19)9-16-11-5-4-6-12(8-11)17(2)3/h4-8,16H,9H2,1-3H3,(H,18,19). The Morgan fingerprint density at radius 1 is 1.35 bits per heavy atom. The summed E-state index contributed by atoms with van der Waals surface area (Å²) < 4.78 is 5.30. The first kappa shape index (κ1) is 14.0. The van der Waals surface area contributed by atoms with E-state index in [2.05, 4.69) is 5.32 Å². The van der Waals surface area contributed by atoms with Crippen LogP contribution in [0.5, 0.6) is 0 Å². The van der Waals surface area contributed by atoms with Crippen LogP contribution in [0.2, 0.25) is 0 Å². The summed E-state index contributed by atoms with van der Waals surface area (Å²) in [5.74, 6) is -0.428. The summed E-state index contributed by atoms with van der Waals surface area (Å²) in [6.07, 6.45) is 0. The molecule has 0 fully saturated rings. The molecule has 2 N–H and O–H groups in total. The Balaban J connectivity index is 2.07. The lowest BCUT2D eigenvalue weighted by molar-refractivity contribution is 0.0659. The zero-order valence-corrected chi connectivity index (χ0v) is 11.8. The number of carboxylic acids is 1. The number of rotatable bonds is 5. The zero-order valence-electron chi connectivity index (χ0n) is 11.8. The summed E-state index contributed by atoms with van der Waals surface area (Å²) in [5, 5.41) is 12.2. The van der Waals surface area contributed by atoms with Crippen LogP contribution in [-0.2, 0) is 6.54 Å². The van der Waals surface area contributed by atoms with Crippen molar-refractivity contribution in [2.24, 2.45) is 0 Å². The number of aromatic carboxylic acids is 1. The Hall–Kier alpha value is -2.43. The highest BCUT2D eigenvalue weighted by Gasteiger charge is 2.13. The van der Waals surface area contributed by atoms with Crippen molar-refractivity contribution in [2.45, 2.75) is 13.5 Å². The monoisotopic (exact) mass is 274 g/mol. The Morgan fingerprint density at radius 2 is 2.10 bits per heavy atom. The summed E-state index contributed by atoms with van der Waals surface area (Å²) in [4.78, 5) is 12.9. The maximum absolute atomic E-state index is 10.9. The van der Waals surface area contributed by atoms with E-state index in [1.807, 2.05) is 43.3 Å². The fraction of sp³-hybridized carbons (Fsp3) is 0.267. The Kier molecular flexibility index (Phi) is 3.98. The highest BCUT2D eigenvalue weighted by Crippen LogP contribution is 2.19. The van der Waals surface area contributed by atoms with Crippen molar-refractivity contribution in [3.63, 3.8) is 0 Å². The summed E-state index contributed by atoms with van der Waals surface area (Å²) in [7, 11) is 3.96. The van der Waals surface area contributed by atoms with Gasteiger partial charge in [-0.3, -0.25) is 0 Å². The lowest BCUT2D eigenvalue weighted by Crippen LogP contribution is -2.09. The van der Waals surface area contributed by atoms with Gasteiger partial charge in [0, 0.05) is 31.0 Å². The van der Waals surface area contributed by atoms with Crippen LogP contribution < -0.4 is 10.2 Å².